The molecule has 5 rings (SSSR count). The van der Waals surface area contributed by atoms with Crippen molar-refractivity contribution >= 4 is 23.8 Å². The van der Waals surface area contributed by atoms with Crippen LogP contribution < -0.4 is 0 Å². The predicted molar refractivity (Wildman–Crippen MR) is 201 cm³/mol. The molecule has 306 valence electrons. The van der Waals surface area contributed by atoms with Crippen LogP contribution in [0.3, 0.4) is 0 Å². The van der Waals surface area contributed by atoms with E-state index in [1.807, 2.05) is 48.5 Å². The average Bonchev–Trinajstić information content (AvgIpc) is 3.49. The third-order valence-corrected chi connectivity index (χ3v) is 14.7. The summed E-state index contributed by atoms with van der Waals surface area (Å²) < 4.78 is 33.4. The maximum Gasteiger partial charge on any atom is 0.309 e. The second kappa shape index (κ2) is 16.5. The number of carboxylic acids is 1. The molecule has 4 saturated heterocycles. The molecule has 17 atom stereocenters. The van der Waals surface area contributed by atoms with Gasteiger partial charge in [0.05, 0.1) is 53.6 Å². The zero-order chi connectivity index (χ0) is 40.0. The summed E-state index contributed by atoms with van der Waals surface area (Å²) in [6.45, 7) is 19.5. The van der Waals surface area contributed by atoms with Crippen molar-refractivity contribution in [2.75, 3.05) is 0 Å². The molecule has 1 unspecified atom stereocenters. The molecule has 0 aromatic rings. The molecule has 2 spiro atoms. The number of aliphatic hydroxyl groups is 1. The van der Waals surface area contributed by atoms with E-state index in [9.17, 15) is 29.4 Å². The molecule has 0 radical (unpaired) electrons. The van der Waals surface area contributed by atoms with E-state index in [4.69, 9.17) is 23.7 Å². The lowest BCUT2D eigenvalue weighted by molar-refractivity contribution is -0.378. The van der Waals surface area contributed by atoms with Gasteiger partial charge in [0.25, 0.3) is 0 Å². The highest BCUT2D eigenvalue weighted by Crippen LogP contribution is 2.53. The van der Waals surface area contributed by atoms with E-state index in [1.54, 1.807) is 13.0 Å². The number of ketones is 2. The normalized spacial score (nSPS) is 44.1. The summed E-state index contributed by atoms with van der Waals surface area (Å²) in [6.07, 6.45) is 7.14. The first-order chi connectivity index (χ1) is 25.4. The van der Waals surface area contributed by atoms with Gasteiger partial charge in [0.2, 0.25) is 11.6 Å². The van der Waals surface area contributed by atoms with E-state index < -0.39 is 70.5 Å². The van der Waals surface area contributed by atoms with Gasteiger partial charge >= 0.3 is 5.97 Å². The second-order valence-corrected chi connectivity index (χ2v) is 18.0. The summed E-state index contributed by atoms with van der Waals surface area (Å²) in [6, 6.07) is 0. The van der Waals surface area contributed by atoms with E-state index in [0.717, 1.165) is 12.7 Å². The fraction of sp³-hybridized carbons (Fsp3) is 0.860. The number of aliphatic carboxylic acids is 1. The Morgan fingerprint density at radius 3 is 2.20 bits per heavy atom. The van der Waals surface area contributed by atoms with E-state index in [0.29, 0.717) is 57.8 Å². The van der Waals surface area contributed by atoms with Gasteiger partial charge in [0, 0.05) is 30.1 Å². The molecular weight excluding hydrogens is 692 g/mol. The SMILES string of the molecule is CCC(C(=O)O)[C@H]1CC[C@H](C)[C@H]([C@@H](C)[C@H](O)[C@H](C)C(=O)[C@H](CC)[C@H]2O[C@]3(C=CC(=O)[C@]4(CC[C@@](C)([C@H]5CC[C@](C=O)(CC)[C@H](C)O5)O4)O3)[C@H](C)C[C@@H]2C)O1. The first-order valence-electron chi connectivity index (χ1n) is 20.9. The largest absolute Gasteiger partial charge is 0.481 e. The van der Waals surface area contributed by atoms with Gasteiger partial charge < -0.3 is 38.7 Å². The summed E-state index contributed by atoms with van der Waals surface area (Å²) in [5, 5.41) is 21.5. The fourth-order valence-electron chi connectivity index (χ4n) is 10.6. The van der Waals surface area contributed by atoms with Crippen molar-refractivity contribution in [1.29, 1.82) is 0 Å². The van der Waals surface area contributed by atoms with Gasteiger partial charge in [0.15, 0.2) is 5.79 Å². The van der Waals surface area contributed by atoms with Crippen LogP contribution >= 0.6 is 0 Å². The first kappa shape index (κ1) is 43.1. The number of carboxylic acid groups (broad SMARTS) is 1. The molecule has 5 heterocycles. The topological polar surface area (TPSA) is 155 Å². The summed E-state index contributed by atoms with van der Waals surface area (Å²) in [5.41, 5.74) is -1.35. The second-order valence-electron chi connectivity index (χ2n) is 18.0. The molecule has 5 aliphatic heterocycles. The van der Waals surface area contributed by atoms with Crippen LogP contribution in [-0.4, -0.2) is 87.8 Å². The molecule has 11 nitrogen and oxygen atoms in total. The zero-order valence-corrected chi connectivity index (χ0v) is 34.4. The number of rotatable bonds is 13. The Kier molecular flexibility index (Phi) is 13.1. The molecule has 4 fully saturated rings. The standard InChI is InChI=1S/C43H68O11/c1-11-30(39(48)49)32-15-14-24(4)37(51-32)28(8)35(46)27(7)36(47)31(12-2)38-25(5)22-26(6)42(52-38)19-16-33(45)43(54-42)21-20-40(10,53-43)34-17-18-41(13-3,23-44)29(9)50-34/h16,19,23-32,34-35,37-38,46H,11-15,17-18,20-22H2,1-10H3,(H,48,49)/t24-,25-,26+,27-,28-,29-,30?,31-,32+,34+,35+,37+,38-,40-,41-,42-,43-/m0/s1. The number of hydrogen-bond donors (Lipinski definition) is 2. The van der Waals surface area contributed by atoms with Crippen LogP contribution in [0.5, 0.6) is 0 Å². The molecule has 0 bridgehead atoms. The van der Waals surface area contributed by atoms with Gasteiger partial charge in [-0.1, -0.05) is 55.4 Å². The van der Waals surface area contributed by atoms with Gasteiger partial charge in [-0.05, 0) is 95.6 Å². The van der Waals surface area contributed by atoms with Crippen LogP contribution in [0.1, 0.15) is 133 Å². The van der Waals surface area contributed by atoms with E-state index >= 15 is 0 Å². The number of aldehydes is 1. The molecular formula is C43H68O11. The van der Waals surface area contributed by atoms with Crippen molar-refractivity contribution < 1.29 is 53.1 Å². The number of aliphatic hydroxyl groups excluding tert-OH is 1. The van der Waals surface area contributed by atoms with Crippen LogP contribution in [0.4, 0.5) is 0 Å². The fourth-order valence-corrected chi connectivity index (χ4v) is 10.6. The molecule has 11 heteroatoms. The zero-order valence-electron chi connectivity index (χ0n) is 34.4. The van der Waals surface area contributed by atoms with E-state index in [-0.39, 0.29) is 47.6 Å². The number of carbonyl (C=O) groups excluding carboxylic acids is 3. The molecule has 0 aromatic carbocycles. The number of Topliss-reactive ketones (excluding diaryl/α,β-unsaturated/α-hetero) is 1. The summed E-state index contributed by atoms with van der Waals surface area (Å²) in [5.74, 6) is -6.52. The smallest absolute Gasteiger partial charge is 0.309 e. The van der Waals surface area contributed by atoms with Gasteiger partial charge in [-0.15, -0.1) is 0 Å². The minimum atomic E-state index is -1.57. The van der Waals surface area contributed by atoms with Crippen molar-refractivity contribution in [1.82, 2.24) is 0 Å². The van der Waals surface area contributed by atoms with Crippen LogP contribution in [-0.2, 0) is 42.9 Å². The number of ether oxygens (including phenoxy) is 5. The highest BCUT2D eigenvalue weighted by atomic mass is 16.8. The van der Waals surface area contributed by atoms with E-state index in [1.165, 1.54) is 6.08 Å². The highest BCUT2D eigenvalue weighted by molar-refractivity contribution is 5.97. The van der Waals surface area contributed by atoms with Crippen LogP contribution in [0.15, 0.2) is 12.2 Å². The summed E-state index contributed by atoms with van der Waals surface area (Å²) >= 11 is 0. The Labute approximate surface area is 322 Å². The average molecular weight is 761 g/mol. The Hall–Kier alpha value is -2.02. The highest BCUT2D eigenvalue weighted by Gasteiger charge is 2.63. The van der Waals surface area contributed by atoms with Crippen molar-refractivity contribution in [3.05, 3.63) is 12.2 Å². The van der Waals surface area contributed by atoms with Crippen LogP contribution in [0, 0.1) is 46.8 Å². The predicted octanol–water partition coefficient (Wildman–Crippen LogP) is 6.85. The Balaban J connectivity index is 1.31. The monoisotopic (exact) mass is 760 g/mol. The van der Waals surface area contributed by atoms with Crippen molar-refractivity contribution in [2.24, 2.45) is 46.8 Å². The maximum atomic E-state index is 14.4. The van der Waals surface area contributed by atoms with Gasteiger partial charge in [-0.25, -0.2) is 0 Å². The summed E-state index contributed by atoms with van der Waals surface area (Å²) in [4.78, 5) is 52.1. The van der Waals surface area contributed by atoms with Gasteiger partial charge in [-0.3, -0.25) is 14.4 Å². The lowest BCUT2D eigenvalue weighted by atomic mass is 9.72. The Bertz CT molecular complexity index is 1420. The van der Waals surface area contributed by atoms with Crippen molar-refractivity contribution in [3.8, 4) is 0 Å². The van der Waals surface area contributed by atoms with Crippen LogP contribution in [0.25, 0.3) is 0 Å². The molecule has 5 aliphatic rings. The first-order valence-corrected chi connectivity index (χ1v) is 20.9. The Morgan fingerprint density at radius 1 is 0.926 bits per heavy atom. The minimum Gasteiger partial charge on any atom is -0.481 e. The van der Waals surface area contributed by atoms with Crippen molar-refractivity contribution in [2.45, 2.75) is 187 Å². The lowest BCUT2D eigenvalue weighted by Crippen LogP contribution is -2.62. The maximum absolute atomic E-state index is 14.4. The number of carbonyl (C=O) groups is 4. The molecule has 54 heavy (non-hydrogen) atoms. The van der Waals surface area contributed by atoms with E-state index in [2.05, 4.69) is 13.8 Å². The molecule has 2 N–H and O–H groups in total. The third kappa shape index (κ3) is 7.68. The van der Waals surface area contributed by atoms with Crippen molar-refractivity contribution in [3.63, 3.8) is 0 Å². The molecule has 0 aromatic heterocycles. The molecule has 0 amide bonds. The summed E-state index contributed by atoms with van der Waals surface area (Å²) in [7, 11) is 0. The van der Waals surface area contributed by atoms with Crippen LogP contribution in [0.2, 0.25) is 0 Å². The molecule has 0 aliphatic carbocycles. The Morgan fingerprint density at radius 2 is 1.61 bits per heavy atom. The minimum absolute atomic E-state index is 0.0140. The third-order valence-electron chi connectivity index (χ3n) is 14.7. The quantitative estimate of drug-likeness (QED) is 0.190. The number of hydrogen-bond acceptors (Lipinski definition) is 10. The van der Waals surface area contributed by atoms with Gasteiger partial charge in [-0.2, -0.15) is 0 Å². The van der Waals surface area contributed by atoms with Gasteiger partial charge in [0.1, 0.15) is 12.1 Å². The lowest BCUT2D eigenvalue weighted by Gasteiger charge is -2.53. The molecule has 0 saturated carbocycles.